The Morgan fingerprint density at radius 3 is 2.21 bits per heavy atom. The van der Waals surface area contributed by atoms with E-state index in [1.54, 1.807) is 5.57 Å². The molecule has 1 saturated heterocycles. The molecule has 4 atom stereocenters. The summed E-state index contributed by atoms with van der Waals surface area (Å²) in [5.41, 5.74) is 5.51. The third-order valence-electron chi connectivity index (χ3n) is 8.25. The molecule has 4 rings (SSSR count). The van der Waals surface area contributed by atoms with E-state index in [1.165, 1.54) is 37.1 Å². The average Bonchev–Trinajstić information content (AvgIpc) is 3.19. The van der Waals surface area contributed by atoms with Crippen LogP contribution in [0, 0.1) is 25.2 Å². The van der Waals surface area contributed by atoms with Gasteiger partial charge >= 0.3 is 35.6 Å². The molecule has 1 aromatic rings. The molecular formula is C28H44Cl2N2SiTi-2. The molecule has 2 fully saturated rings. The molecule has 0 radical (unpaired) electrons. The average molecular weight is 556 g/mol. The molecule has 0 bridgehead atoms. The molecule has 1 heterocycles. The zero-order valence-electron chi connectivity index (χ0n) is 22.2. The second-order valence-electron chi connectivity index (χ2n) is 11.3. The van der Waals surface area contributed by atoms with Crippen molar-refractivity contribution in [2.45, 2.75) is 64.6 Å². The quantitative estimate of drug-likeness (QED) is 0.268. The van der Waals surface area contributed by atoms with Crippen molar-refractivity contribution in [2.24, 2.45) is 17.8 Å². The molecule has 0 spiro atoms. The summed E-state index contributed by atoms with van der Waals surface area (Å²) in [5.74, 6) is 2.24. The maximum absolute atomic E-state index is 4.89. The van der Waals surface area contributed by atoms with Gasteiger partial charge in [-0.15, -0.1) is 13.1 Å². The van der Waals surface area contributed by atoms with Crippen LogP contribution in [0.2, 0.25) is 18.6 Å². The molecule has 2 aliphatic carbocycles. The first-order chi connectivity index (χ1) is 15.6. The molecule has 0 N–H and O–H groups in total. The van der Waals surface area contributed by atoms with Gasteiger partial charge in [-0.1, -0.05) is 89.7 Å². The number of hydrogen-bond acceptors (Lipinski definition) is 1. The molecule has 2 nitrogen and oxygen atoms in total. The van der Waals surface area contributed by atoms with Crippen molar-refractivity contribution in [2.75, 3.05) is 26.2 Å². The summed E-state index contributed by atoms with van der Waals surface area (Å²) < 4.78 is 2.87. The first-order valence-electron chi connectivity index (χ1n) is 12.5. The fraction of sp³-hybridized carbons (Fsp3) is 0.607. The standard InChI is InChI=1S/C27H41N2Si.CH3.2ClH.Ti/c1-7-20-19-25-23(21-11-13-22(14-12-21)27(2,3)4)9-8-10-24(25)26(20)30(5,6)29-17-15-28-16-18-29;;;;/h8-14,20,24-26H,7,15-19H2,1-6H3;1H3;2*1H;/q2*-1;;;+2/p-2. The SMILES string of the molecule is CCC1CC2C(c3ccc(C(C)(C)C)cc3)=CC=CC2C1[Si](C)(C)N1CC[N-]CC1.[CH3-].[Cl][Ti][Cl]. The van der Waals surface area contributed by atoms with E-state index in [2.05, 4.69) is 93.2 Å². The summed E-state index contributed by atoms with van der Waals surface area (Å²) in [6.45, 7) is 19.1. The molecule has 0 aromatic heterocycles. The molecule has 1 saturated carbocycles. The molecule has 4 unspecified atom stereocenters. The summed E-state index contributed by atoms with van der Waals surface area (Å²) in [5, 5.41) is 4.62. The van der Waals surface area contributed by atoms with Crippen LogP contribution in [0.5, 0.6) is 0 Å². The number of nitrogens with zero attached hydrogens (tertiary/aromatic N) is 2. The van der Waals surface area contributed by atoms with Crippen molar-refractivity contribution in [1.82, 2.24) is 4.57 Å². The Hall–Kier alpha value is 0.131. The van der Waals surface area contributed by atoms with E-state index in [-0.39, 0.29) is 12.8 Å². The van der Waals surface area contributed by atoms with Crippen LogP contribution in [0.25, 0.3) is 10.9 Å². The van der Waals surface area contributed by atoms with E-state index in [4.69, 9.17) is 18.6 Å². The van der Waals surface area contributed by atoms with E-state index in [0.717, 1.165) is 24.5 Å². The summed E-state index contributed by atoms with van der Waals surface area (Å²) in [6.07, 6.45) is 10.0. The van der Waals surface area contributed by atoms with Crippen LogP contribution in [-0.2, 0) is 22.4 Å². The van der Waals surface area contributed by atoms with Crippen LogP contribution in [-0.4, -0.2) is 39.0 Å². The molecule has 34 heavy (non-hydrogen) atoms. The van der Waals surface area contributed by atoms with Crippen LogP contribution in [0.1, 0.15) is 51.7 Å². The Bertz CT molecular complexity index is 826. The molecule has 1 aliphatic heterocycles. The van der Waals surface area contributed by atoms with Crippen molar-refractivity contribution >= 4 is 32.4 Å². The van der Waals surface area contributed by atoms with E-state index in [0.29, 0.717) is 11.8 Å². The monoisotopic (exact) mass is 554 g/mol. The predicted octanol–water partition coefficient (Wildman–Crippen LogP) is 8.69. The number of rotatable bonds is 4. The summed E-state index contributed by atoms with van der Waals surface area (Å²) >= 11 is -0.556. The molecule has 6 heteroatoms. The minimum atomic E-state index is -1.53. The van der Waals surface area contributed by atoms with Gasteiger partial charge in [0, 0.05) is 0 Å². The third kappa shape index (κ3) is 6.71. The van der Waals surface area contributed by atoms with Crippen LogP contribution in [0.4, 0.5) is 0 Å². The van der Waals surface area contributed by atoms with Crippen LogP contribution >= 0.6 is 18.6 Å². The Morgan fingerprint density at radius 2 is 1.68 bits per heavy atom. The third-order valence-corrected chi connectivity index (χ3v) is 12.8. The zero-order valence-corrected chi connectivity index (χ0v) is 26.3. The van der Waals surface area contributed by atoms with Crippen molar-refractivity contribution in [1.29, 1.82) is 0 Å². The normalized spacial score (nSPS) is 27.1. The van der Waals surface area contributed by atoms with Gasteiger partial charge in [0.15, 0.2) is 0 Å². The van der Waals surface area contributed by atoms with Gasteiger partial charge in [-0.3, -0.25) is 0 Å². The van der Waals surface area contributed by atoms with Gasteiger partial charge in [0.25, 0.3) is 0 Å². The number of piperazine rings is 1. The Morgan fingerprint density at radius 1 is 1.09 bits per heavy atom. The first kappa shape index (κ1) is 30.4. The molecule has 0 amide bonds. The predicted molar refractivity (Wildman–Crippen MR) is 152 cm³/mol. The van der Waals surface area contributed by atoms with E-state index in [1.807, 2.05) is 0 Å². The van der Waals surface area contributed by atoms with Gasteiger partial charge < -0.3 is 17.3 Å². The summed E-state index contributed by atoms with van der Waals surface area (Å²) in [6, 6.07) is 9.46. The Labute approximate surface area is 227 Å². The topological polar surface area (TPSA) is 17.3 Å². The van der Waals surface area contributed by atoms with Gasteiger partial charge in [0.05, 0.1) is 0 Å². The number of allylic oxidation sites excluding steroid dienone is 4. The fourth-order valence-corrected chi connectivity index (χ4v) is 11.1. The van der Waals surface area contributed by atoms with Gasteiger partial charge in [-0.2, -0.15) is 0 Å². The van der Waals surface area contributed by atoms with Crippen LogP contribution in [0.3, 0.4) is 0 Å². The van der Waals surface area contributed by atoms with Gasteiger partial charge in [0.1, 0.15) is 8.24 Å². The molecular weight excluding hydrogens is 511 g/mol. The van der Waals surface area contributed by atoms with Crippen LogP contribution in [0.15, 0.2) is 42.5 Å². The fourth-order valence-electron chi connectivity index (χ4n) is 6.53. The number of halogens is 2. The number of benzene rings is 1. The Balaban J connectivity index is 0.000000970. The second kappa shape index (κ2) is 13.1. The second-order valence-corrected chi connectivity index (χ2v) is 18.5. The van der Waals surface area contributed by atoms with Crippen molar-refractivity contribution < 1.29 is 17.0 Å². The number of fused-ring (bicyclic) bond motifs is 1. The van der Waals surface area contributed by atoms with Crippen molar-refractivity contribution in [3.8, 4) is 0 Å². The van der Waals surface area contributed by atoms with E-state index >= 15 is 0 Å². The van der Waals surface area contributed by atoms with Crippen molar-refractivity contribution in [3.63, 3.8) is 0 Å². The molecule has 3 aliphatic rings. The zero-order chi connectivity index (χ0) is 24.2. The maximum atomic E-state index is 4.89. The summed E-state index contributed by atoms with van der Waals surface area (Å²) in [4.78, 5) is 0. The number of hydrogen-bond donors (Lipinski definition) is 0. The van der Waals surface area contributed by atoms with Crippen LogP contribution < -0.4 is 0 Å². The van der Waals surface area contributed by atoms with Gasteiger partial charge in [-0.05, 0) is 64.9 Å². The van der Waals surface area contributed by atoms with Gasteiger partial charge in [-0.25, -0.2) is 0 Å². The first-order valence-corrected chi connectivity index (χ1v) is 19.8. The minimum absolute atomic E-state index is 0. The van der Waals surface area contributed by atoms with Crippen molar-refractivity contribution in [3.05, 3.63) is 66.4 Å². The molecule has 1 aromatic carbocycles. The van der Waals surface area contributed by atoms with E-state index < -0.39 is 25.3 Å². The molecule has 190 valence electrons. The Kier molecular flexibility index (Phi) is 11.7. The van der Waals surface area contributed by atoms with Gasteiger partial charge in [0.2, 0.25) is 0 Å². The van der Waals surface area contributed by atoms with E-state index in [9.17, 15) is 0 Å². The summed E-state index contributed by atoms with van der Waals surface area (Å²) in [7, 11) is 8.25.